The highest BCUT2D eigenvalue weighted by Crippen LogP contribution is 2.30. The van der Waals surface area contributed by atoms with Crippen molar-refractivity contribution in [1.82, 2.24) is 20.9 Å². The Labute approximate surface area is 167 Å². The summed E-state index contributed by atoms with van der Waals surface area (Å²) in [6, 6.07) is 4.49. The molecule has 0 aromatic heterocycles. The van der Waals surface area contributed by atoms with Crippen LogP contribution in [0.3, 0.4) is 0 Å². The normalized spacial score (nSPS) is 27.9. The van der Waals surface area contributed by atoms with Crippen molar-refractivity contribution >= 4 is 23.6 Å². The average molecular weight is 398 g/mol. The lowest BCUT2D eigenvalue weighted by Crippen LogP contribution is -2.59. The van der Waals surface area contributed by atoms with Crippen molar-refractivity contribution in [2.45, 2.75) is 43.5 Å². The summed E-state index contributed by atoms with van der Waals surface area (Å²) in [5, 5.41) is 8.90. The third-order valence-corrected chi connectivity index (χ3v) is 6.20. The molecule has 152 valence electrons. The van der Waals surface area contributed by atoms with Crippen molar-refractivity contribution in [2.24, 2.45) is 0 Å². The number of nitrogens with one attached hydrogen (secondary N) is 3. The van der Waals surface area contributed by atoms with Crippen LogP contribution in [0.4, 0.5) is 0 Å². The van der Waals surface area contributed by atoms with Crippen LogP contribution >= 0.6 is 0 Å². The third kappa shape index (κ3) is 3.06. The van der Waals surface area contributed by atoms with Crippen LogP contribution in [0.2, 0.25) is 0 Å². The number of carbonyl (C=O) groups excluding carboxylic acids is 4. The first-order valence-electron chi connectivity index (χ1n) is 9.88. The molecular formula is C20H22N4O5. The maximum Gasteiger partial charge on any atom is 0.262 e. The zero-order valence-electron chi connectivity index (χ0n) is 15.8. The van der Waals surface area contributed by atoms with E-state index in [2.05, 4.69) is 16.0 Å². The first-order valence-corrected chi connectivity index (χ1v) is 9.88. The Hall–Kier alpha value is -2.62. The first kappa shape index (κ1) is 18.4. The van der Waals surface area contributed by atoms with E-state index in [4.69, 9.17) is 4.74 Å². The van der Waals surface area contributed by atoms with E-state index in [1.54, 1.807) is 12.1 Å². The predicted octanol–water partition coefficient (Wildman–Crippen LogP) is -0.692. The van der Waals surface area contributed by atoms with E-state index in [1.807, 2.05) is 6.07 Å². The van der Waals surface area contributed by atoms with Crippen molar-refractivity contribution < 1.29 is 23.9 Å². The van der Waals surface area contributed by atoms with Gasteiger partial charge in [0.15, 0.2) is 0 Å². The molecule has 1 aromatic rings. The van der Waals surface area contributed by atoms with E-state index < -0.39 is 23.8 Å². The molecule has 4 heterocycles. The predicted molar refractivity (Wildman–Crippen MR) is 99.9 cm³/mol. The number of hydrogen-bond acceptors (Lipinski definition) is 7. The van der Waals surface area contributed by atoms with Gasteiger partial charge in [-0.05, 0) is 30.5 Å². The average Bonchev–Trinajstić information content (AvgIpc) is 3.22. The van der Waals surface area contributed by atoms with Gasteiger partial charge in [-0.15, -0.1) is 0 Å². The third-order valence-electron chi connectivity index (χ3n) is 6.20. The highest BCUT2D eigenvalue weighted by molar-refractivity contribution is 6.23. The van der Waals surface area contributed by atoms with Crippen LogP contribution in [0.1, 0.15) is 45.5 Å². The molecule has 0 bridgehead atoms. The molecule has 2 unspecified atom stereocenters. The van der Waals surface area contributed by atoms with Gasteiger partial charge in [0.1, 0.15) is 6.04 Å². The number of fused-ring (bicyclic) bond motifs is 1. The number of imide groups is 2. The number of rotatable bonds is 4. The van der Waals surface area contributed by atoms with Gasteiger partial charge in [0.2, 0.25) is 11.8 Å². The monoisotopic (exact) mass is 398 g/mol. The summed E-state index contributed by atoms with van der Waals surface area (Å²) in [5.41, 5.74) is 1.47. The molecule has 3 N–H and O–H groups in total. The lowest BCUT2D eigenvalue weighted by atomic mass is 9.92. The van der Waals surface area contributed by atoms with Crippen molar-refractivity contribution in [3.63, 3.8) is 0 Å². The zero-order chi connectivity index (χ0) is 20.2. The molecule has 1 spiro atoms. The van der Waals surface area contributed by atoms with E-state index in [0.29, 0.717) is 24.3 Å². The minimum absolute atomic E-state index is 0.0273. The van der Waals surface area contributed by atoms with Gasteiger partial charge in [0.05, 0.1) is 23.3 Å². The molecular weight excluding hydrogens is 376 g/mol. The largest absolute Gasteiger partial charge is 0.371 e. The Kier molecular flexibility index (Phi) is 4.27. The lowest BCUT2D eigenvalue weighted by molar-refractivity contribution is -0.136. The van der Waals surface area contributed by atoms with Crippen LogP contribution < -0.4 is 16.0 Å². The molecule has 3 fully saturated rings. The van der Waals surface area contributed by atoms with Gasteiger partial charge in [0, 0.05) is 32.1 Å². The van der Waals surface area contributed by atoms with Crippen molar-refractivity contribution in [3.05, 3.63) is 34.9 Å². The standard InChI is InChI=1S/C20H22N4O5/c25-16-4-3-15(17(26)23-16)24-18(27)13-2-1-11(5-14(13)19(24)28)7-22-12-6-20(29-8-12)9-21-10-20/h1-2,5,12,15,21-22H,3-4,6-10H2,(H,23,25,26). The van der Waals surface area contributed by atoms with Crippen molar-refractivity contribution in [1.29, 1.82) is 0 Å². The van der Waals surface area contributed by atoms with E-state index in [9.17, 15) is 19.2 Å². The van der Waals surface area contributed by atoms with Gasteiger partial charge in [-0.3, -0.25) is 29.4 Å². The lowest BCUT2D eigenvalue weighted by Gasteiger charge is -2.38. The highest BCUT2D eigenvalue weighted by Gasteiger charge is 2.46. The second-order valence-electron chi connectivity index (χ2n) is 8.21. The molecule has 9 heteroatoms. The molecule has 4 amide bonds. The smallest absolute Gasteiger partial charge is 0.262 e. The quantitative estimate of drug-likeness (QED) is 0.575. The minimum Gasteiger partial charge on any atom is -0.371 e. The van der Waals surface area contributed by atoms with Gasteiger partial charge in [-0.1, -0.05) is 6.07 Å². The number of amides is 4. The maximum atomic E-state index is 12.9. The Bertz CT molecular complexity index is 925. The maximum absolute atomic E-state index is 12.9. The van der Waals surface area contributed by atoms with Gasteiger partial charge in [0.25, 0.3) is 11.8 Å². The number of benzene rings is 1. The Morgan fingerprint density at radius 1 is 1.14 bits per heavy atom. The van der Waals surface area contributed by atoms with Gasteiger partial charge in [-0.25, -0.2) is 0 Å². The Balaban J connectivity index is 1.28. The van der Waals surface area contributed by atoms with Crippen LogP contribution in [0.25, 0.3) is 0 Å². The van der Waals surface area contributed by atoms with E-state index in [0.717, 1.165) is 30.0 Å². The van der Waals surface area contributed by atoms with Crippen LogP contribution in [-0.2, 0) is 20.9 Å². The summed E-state index contributed by atoms with van der Waals surface area (Å²) in [4.78, 5) is 50.1. The number of carbonyl (C=O) groups is 4. The summed E-state index contributed by atoms with van der Waals surface area (Å²) in [6.45, 7) is 2.99. The molecule has 9 nitrogen and oxygen atoms in total. The van der Waals surface area contributed by atoms with E-state index in [1.165, 1.54) is 0 Å². The van der Waals surface area contributed by atoms with E-state index >= 15 is 0 Å². The Morgan fingerprint density at radius 2 is 1.93 bits per heavy atom. The molecule has 4 aliphatic rings. The molecule has 5 rings (SSSR count). The second-order valence-corrected chi connectivity index (χ2v) is 8.21. The summed E-state index contributed by atoms with van der Waals surface area (Å²) < 4.78 is 5.89. The number of ether oxygens (including phenoxy) is 1. The number of hydrogen-bond donors (Lipinski definition) is 3. The summed E-state index contributed by atoms with van der Waals surface area (Å²) in [5.74, 6) is -1.95. The molecule has 2 atom stereocenters. The van der Waals surface area contributed by atoms with Gasteiger partial charge < -0.3 is 15.4 Å². The number of nitrogens with zero attached hydrogens (tertiary/aromatic N) is 1. The second kappa shape index (κ2) is 6.72. The number of piperidine rings is 1. The fraction of sp³-hybridized carbons (Fsp3) is 0.500. The van der Waals surface area contributed by atoms with Crippen LogP contribution in [-0.4, -0.2) is 65.9 Å². The molecule has 29 heavy (non-hydrogen) atoms. The van der Waals surface area contributed by atoms with Gasteiger partial charge in [-0.2, -0.15) is 0 Å². The zero-order valence-corrected chi connectivity index (χ0v) is 15.8. The van der Waals surface area contributed by atoms with Gasteiger partial charge >= 0.3 is 0 Å². The fourth-order valence-electron chi connectivity index (χ4n) is 4.52. The first-order chi connectivity index (χ1) is 14.0. The van der Waals surface area contributed by atoms with Crippen LogP contribution in [0.5, 0.6) is 0 Å². The summed E-state index contributed by atoms with van der Waals surface area (Å²) >= 11 is 0. The molecule has 0 aliphatic carbocycles. The topological polar surface area (TPSA) is 117 Å². The fourth-order valence-corrected chi connectivity index (χ4v) is 4.52. The summed E-state index contributed by atoms with van der Waals surface area (Å²) in [7, 11) is 0. The Morgan fingerprint density at radius 3 is 2.62 bits per heavy atom. The molecule has 0 saturated carbocycles. The van der Waals surface area contributed by atoms with Crippen molar-refractivity contribution in [3.8, 4) is 0 Å². The highest BCUT2D eigenvalue weighted by atomic mass is 16.5. The van der Waals surface area contributed by atoms with Crippen molar-refractivity contribution in [2.75, 3.05) is 19.7 Å². The van der Waals surface area contributed by atoms with E-state index in [-0.39, 0.29) is 30.4 Å². The van der Waals surface area contributed by atoms with Crippen LogP contribution in [0, 0.1) is 0 Å². The SMILES string of the molecule is O=C1CCC(N2C(=O)c3ccc(CNC4COC5(CNC5)C4)cc3C2=O)C(=O)N1. The summed E-state index contributed by atoms with van der Waals surface area (Å²) in [6.07, 6.45) is 1.22. The molecule has 4 aliphatic heterocycles. The molecule has 3 saturated heterocycles. The minimum atomic E-state index is -0.940. The van der Waals surface area contributed by atoms with Crippen LogP contribution in [0.15, 0.2) is 18.2 Å². The molecule has 0 radical (unpaired) electrons. The molecule has 1 aromatic carbocycles.